The van der Waals surface area contributed by atoms with Crippen molar-refractivity contribution in [2.24, 2.45) is 0 Å². The molecule has 0 radical (unpaired) electrons. The molecule has 0 aromatic heterocycles. The molecule has 2 aromatic carbocycles. The second-order valence-corrected chi connectivity index (χ2v) is 6.69. The summed E-state index contributed by atoms with van der Waals surface area (Å²) >= 11 is 0. The first-order chi connectivity index (χ1) is 12.6. The Bertz CT molecular complexity index is 762. The molecule has 1 saturated heterocycles. The van der Waals surface area contributed by atoms with Crippen molar-refractivity contribution in [3.05, 3.63) is 71.3 Å². The molecule has 0 saturated carbocycles. The molecule has 136 valence electrons. The number of nitrogens with zero attached hydrogens (tertiary/aromatic N) is 1. The van der Waals surface area contributed by atoms with Crippen LogP contribution in [0.4, 0.5) is 0 Å². The van der Waals surface area contributed by atoms with Crippen LogP contribution in [0.3, 0.4) is 0 Å². The van der Waals surface area contributed by atoms with E-state index in [-0.39, 0.29) is 12.1 Å². The van der Waals surface area contributed by atoms with E-state index in [4.69, 9.17) is 9.57 Å². The number of hydrogen-bond acceptors (Lipinski definition) is 5. The fourth-order valence-corrected chi connectivity index (χ4v) is 3.40. The Labute approximate surface area is 153 Å². The van der Waals surface area contributed by atoms with Crippen LogP contribution in [-0.4, -0.2) is 24.0 Å². The zero-order valence-electron chi connectivity index (χ0n) is 14.9. The first-order valence-corrected chi connectivity index (χ1v) is 8.83. The van der Waals surface area contributed by atoms with Gasteiger partial charge < -0.3 is 9.57 Å². The number of benzene rings is 2. The molecule has 5 heteroatoms. The van der Waals surface area contributed by atoms with Crippen molar-refractivity contribution < 1.29 is 19.2 Å². The first-order valence-electron chi connectivity index (χ1n) is 8.83. The van der Waals surface area contributed by atoms with Crippen molar-refractivity contribution in [1.29, 1.82) is 0 Å². The molecule has 1 heterocycles. The number of hydrogen-bond donors (Lipinski definition) is 0. The predicted octanol–water partition coefficient (Wildman–Crippen LogP) is 3.83. The van der Waals surface area contributed by atoms with E-state index in [9.17, 15) is 9.59 Å². The number of carbonyl (C=O) groups is 2. The topological polar surface area (TPSA) is 55.8 Å². The molecule has 26 heavy (non-hydrogen) atoms. The van der Waals surface area contributed by atoms with Gasteiger partial charge in [-0.3, -0.25) is 4.79 Å². The maximum absolute atomic E-state index is 12.7. The summed E-state index contributed by atoms with van der Waals surface area (Å²) in [7, 11) is 0. The molecule has 1 aliphatic rings. The van der Waals surface area contributed by atoms with Crippen LogP contribution in [0, 0.1) is 0 Å². The van der Waals surface area contributed by atoms with Crippen molar-refractivity contribution in [2.45, 2.75) is 38.3 Å². The quantitative estimate of drug-likeness (QED) is 0.739. The number of carbonyl (C=O) groups excluding carboxylic acids is 2. The Morgan fingerprint density at radius 3 is 2.73 bits per heavy atom. The maximum atomic E-state index is 12.7. The van der Waals surface area contributed by atoms with Gasteiger partial charge in [0, 0.05) is 6.54 Å². The lowest BCUT2D eigenvalue weighted by Gasteiger charge is -2.43. The molecule has 5 nitrogen and oxygen atoms in total. The molecular weight excluding hydrogens is 330 g/mol. The van der Waals surface area contributed by atoms with Gasteiger partial charge in [0.05, 0.1) is 11.1 Å². The van der Waals surface area contributed by atoms with Crippen molar-refractivity contribution in [3.63, 3.8) is 0 Å². The highest BCUT2D eigenvalue weighted by Gasteiger charge is 2.39. The molecule has 0 N–H and O–H groups in total. The number of rotatable bonds is 6. The van der Waals surface area contributed by atoms with Crippen LogP contribution in [0.1, 0.15) is 47.7 Å². The van der Waals surface area contributed by atoms with Crippen molar-refractivity contribution in [3.8, 4) is 0 Å². The van der Waals surface area contributed by atoms with E-state index in [0.717, 1.165) is 30.4 Å². The second kappa shape index (κ2) is 8.15. The summed E-state index contributed by atoms with van der Waals surface area (Å²) in [5.74, 6) is -0.401. The summed E-state index contributed by atoms with van der Waals surface area (Å²) in [4.78, 5) is 28.8. The van der Waals surface area contributed by atoms with Crippen LogP contribution in [-0.2, 0) is 26.5 Å². The Morgan fingerprint density at radius 1 is 1.15 bits per heavy atom. The lowest BCUT2D eigenvalue weighted by atomic mass is 9.83. The third-order valence-corrected chi connectivity index (χ3v) is 4.89. The normalized spacial score (nSPS) is 20.3. The molecular formula is C21H23NO4. The van der Waals surface area contributed by atoms with Crippen LogP contribution in [0.25, 0.3) is 0 Å². The summed E-state index contributed by atoms with van der Waals surface area (Å²) in [6.45, 7) is 3.34. The van der Waals surface area contributed by atoms with E-state index in [0.29, 0.717) is 18.6 Å². The predicted molar refractivity (Wildman–Crippen MR) is 97.1 cm³/mol. The zero-order chi connectivity index (χ0) is 18.4. The number of hydroxylamine groups is 2. The third kappa shape index (κ3) is 3.94. The van der Waals surface area contributed by atoms with E-state index >= 15 is 0 Å². The van der Waals surface area contributed by atoms with Gasteiger partial charge in [-0.2, -0.15) is 0 Å². The molecule has 1 aliphatic heterocycles. The highest BCUT2D eigenvalue weighted by molar-refractivity contribution is 5.89. The lowest BCUT2D eigenvalue weighted by Crippen LogP contribution is -2.48. The Kier molecular flexibility index (Phi) is 5.68. The largest absolute Gasteiger partial charge is 0.463 e. The summed E-state index contributed by atoms with van der Waals surface area (Å²) in [6, 6.07) is 17.1. The standard InChI is InChI=1S/C21H23NO4/c1-21(19-10-3-2-4-11-19)12-5-6-13-22(21)26-20(24)18-9-7-8-17(14-18)15-25-16-23/h2-4,7-11,14,16H,5-6,12-13,15H2,1H3. The minimum absolute atomic E-state index is 0.135. The summed E-state index contributed by atoms with van der Waals surface area (Å²) in [6.07, 6.45) is 3.01. The Morgan fingerprint density at radius 2 is 1.96 bits per heavy atom. The van der Waals surface area contributed by atoms with E-state index in [1.807, 2.05) is 23.3 Å². The van der Waals surface area contributed by atoms with Gasteiger partial charge in [0.2, 0.25) is 0 Å². The highest BCUT2D eigenvalue weighted by Crippen LogP contribution is 2.37. The minimum atomic E-state index is -0.401. The van der Waals surface area contributed by atoms with Crippen LogP contribution in [0.5, 0.6) is 0 Å². The summed E-state index contributed by atoms with van der Waals surface area (Å²) in [5.41, 5.74) is 1.99. The van der Waals surface area contributed by atoms with Crippen LogP contribution >= 0.6 is 0 Å². The molecule has 3 rings (SSSR count). The molecule has 1 atom stereocenters. The molecule has 0 bridgehead atoms. The fraction of sp³-hybridized carbons (Fsp3) is 0.333. The molecule has 0 aliphatic carbocycles. The van der Waals surface area contributed by atoms with Gasteiger partial charge in [0.1, 0.15) is 6.61 Å². The van der Waals surface area contributed by atoms with E-state index in [2.05, 4.69) is 19.1 Å². The van der Waals surface area contributed by atoms with Crippen molar-refractivity contribution in [2.75, 3.05) is 6.54 Å². The SMILES string of the molecule is CC1(c2ccccc2)CCCCN1OC(=O)c1cccc(COC=O)c1. The van der Waals surface area contributed by atoms with Gasteiger partial charge in [-0.25, -0.2) is 4.79 Å². The second-order valence-electron chi connectivity index (χ2n) is 6.69. The third-order valence-electron chi connectivity index (χ3n) is 4.89. The summed E-state index contributed by atoms with van der Waals surface area (Å²) in [5, 5.41) is 1.81. The van der Waals surface area contributed by atoms with Gasteiger partial charge in [0.25, 0.3) is 6.47 Å². The molecule has 1 unspecified atom stereocenters. The van der Waals surface area contributed by atoms with Gasteiger partial charge >= 0.3 is 5.97 Å². The molecule has 0 amide bonds. The lowest BCUT2D eigenvalue weighted by molar-refractivity contribution is -0.192. The van der Waals surface area contributed by atoms with Crippen LogP contribution < -0.4 is 0 Å². The maximum Gasteiger partial charge on any atom is 0.357 e. The van der Waals surface area contributed by atoms with Crippen LogP contribution in [0.2, 0.25) is 0 Å². The van der Waals surface area contributed by atoms with E-state index in [1.165, 1.54) is 0 Å². The Balaban J connectivity index is 1.78. The smallest absolute Gasteiger partial charge is 0.357 e. The van der Waals surface area contributed by atoms with Gasteiger partial charge in [-0.05, 0) is 49.4 Å². The van der Waals surface area contributed by atoms with Crippen molar-refractivity contribution >= 4 is 12.4 Å². The molecule has 1 fully saturated rings. The minimum Gasteiger partial charge on any atom is -0.463 e. The van der Waals surface area contributed by atoms with E-state index in [1.54, 1.807) is 24.3 Å². The first kappa shape index (κ1) is 18.1. The average molecular weight is 353 g/mol. The molecule has 0 spiro atoms. The zero-order valence-corrected chi connectivity index (χ0v) is 14.9. The highest BCUT2D eigenvalue weighted by atomic mass is 16.7. The average Bonchev–Trinajstić information content (AvgIpc) is 2.69. The van der Waals surface area contributed by atoms with Gasteiger partial charge in [-0.1, -0.05) is 42.5 Å². The summed E-state index contributed by atoms with van der Waals surface area (Å²) < 4.78 is 4.75. The van der Waals surface area contributed by atoms with E-state index < -0.39 is 5.97 Å². The van der Waals surface area contributed by atoms with Crippen LogP contribution in [0.15, 0.2) is 54.6 Å². The van der Waals surface area contributed by atoms with Gasteiger partial charge in [0.15, 0.2) is 0 Å². The Hall–Kier alpha value is -2.66. The van der Waals surface area contributed by atoms with Gasteiger partial charge in [-0.15, -0.1) is 5.06 Å². The molecule has 2 aromatic rings. The van der Waals surface area contributed by atoms with Crippen molar-refractivity contribution in [1.82, 2.24) is 5.06 Å². The fourth-order valence-electron chi connectivity index (χ4n) is 3.40. The number of ether oxygens (including phenoxy) is 1. The number of piperidine rings is 1. The monoisotopic (exact) mass is 353 g/mol.